The molecule has 0 saturated heterocycles. The lowest BCUT2D eigenvalue weighted by molar-refractivity contribution is -0.152. The van der Waals surface area contributed by atoms with Gasteiger partial charge in [-0.3, -0.25) is 4.79 Å². The van der Waals surface area contributed by atoms with E-state index in [0.717, 1.165) is 37.5 Å². The highest BCUT2D eigenvalue weighted by Gasteiger charge is 2.61. The normalized spacial score (nSPS) is 48.7. The van der Waals surface area contributed by atoms with Crippen molar-refractivity contribution < 1.29 is 15.0 Å². The molecule has 3 nitrogen and oxygen atoms in total. The zero-order chi connectivity index (χ0) is 20.9. The molecular formula is C25H37BrO3. The fourth-order valence-electron chi connectivity index (χ4n) is 8.39. The second-order valence-electron chi connectivity index (χ2n) is 11.0. The molecule has 0 aromatic rings. The highest BCUT2D eigenvalue weighted by atomic mass is 79.9. The average Bonchev–Trinajstić information content (AvgIpc) is 3.05. The Morgan fingerprint density at radius 3 is 2.48 bits per heavy atom. The zero-order valence-corrected chi connectivity index (χ0v) is 19.6. The topological polar surface area (TPSA) is 57.5 Å². The molecule has 0 aromatic carbocycles. The molecule has 0 heterocycles. The van der Waals surface area contributed by atoms with Crippen LogP contribution in [0, 0.1) is 52.3 Å². The van der Waals surface area contributed by atoms with Gasteiger partial charge >= 0.3 is 0 Å². The van der Waals surface area contributed by atoms with E-state index in [2.05, 4.69) is 41.6 Å². The van der Waals surface area contributed by atoms with Gasteiger partial charge in [-0.25, -0.2) is 0 Å². The van der Waals surface area contributed by atoms with E-state index in [1.54, 1.807) is 0 Å². The monoisotopic (exact) mass is 464 g/mol. The average molecular weight is 465 g/mol. The number of hydrogen-bond acceptors (Lipinski definition) is 3. The molecule has 4 rings (SSSR count). The molecule has 162 valence electrons. The van der Waals surface area contributed by atoms with Crippen LogP contribution in [0.15, 0.2) is 0 Å². The van der Waals surface area contributed by atoms with Gasteiger partial charge in [-0.15, -0.1) is 0 Å². The number of fused-ring (bicyclic) bond motifs is 5. The Morgan fingerprint density at radius 1 is 1.00 bits per heavy atom. The summed E-state index contributed by atoms with van der Waals surface area (Å²) in [6.45, 7) is 4.80. The largest absolute Gasteiger partial charge is 0.389 e. The number of carbonyl (C=O) groups is 1. The van der Waals surface area contributed by atoms with Crippen molar-refractivity contribution in [1.29, 1.82) is 0 Å². The molecule has 0 radical (unpaired) electrons. The van der Waals surface area contributed by atoms with Crippen LogP contribution in [0.2, 0.25) is 0 Å². The molecule has 0 amide bonds. The minimum absolute atomic E-state index is 0.125. The molecule has 2 unspecified atom stereocenters. The lowest BCUT2D eigenvalue weighted by Gasteiger charge is -2.62. The minimum Gasteiger partial charge on any atom is -0.389 e. The Bertz CT molecular complexity index is 711. The molecule has 4 heteroatoms. The van der Waals surface area contributed by atoms with Gasteiger partial charge in [0.15, 0.2) is 0 Å². The van der Waals surface area contributed by atoms with Crippen molar-refractivity contribution in [1.82, 2.24) is 0 Å². The van der Waals surface area contributed by atoms with Crippen molar-refractivity contribution in [2.45, 2.75) is 83.7 Å². The number of halogens is 1. The number of aliphatic hydroxyl groups excluding tert-OH is 1. The maximum Gasteiger partial charge on any atom is 0.147 e. The van der Waals surface area contributed by atoms with E-state index < -0.39 is 5.60 Å². The third kappa shape index (κ3) is 3.54. The van der Waals surface area contributed by atoms with Gasteiger partial charge in [-0.2, -0.15) is 0 Å². The SMILES string of the molecule is C[C@]12CC[C@H]3[C@@H](CCC4CC(O)(CC#CCO)CC[C@@]43C)[C@@H]1CC[C@@H]2C(=O)CBr. The van der Waals surface area contributed by atoms with Crippen LogP contribution in [0.1, 0.15) is 78.1 Å². The molecule has 29 heavy (non-hydrogen) atoms. The summed E-state index contributed by atoms with van der Waals surface area (Å²) in [5.41, 5.74) is -0.161. The summed E-state index contributed by atoms with van der Waals surface area (Å²) in [7, 11) is 0. The maximum atomic E-state index is 12.6. The summed E-state index contributed by atoms with van der Waals surface area (Å²) in [6, 6.07) is 0. The van der Waals surface area contributed by atoms with Gasteiger partial charge < -0.3 is 10.2 Å². The van der Waals surface area contributed by atoms with Gasteiger partial charge in [-0.05, 0) is 92.3 Å². The maximum absolute atomic E-state index is 12.6. The molecule has 0 aromatic heterocycles. The number of alkyl halides is 1. The van der Waals surface area contributed by atoms with Crippen molar-refractivity contribution in [3.8, 4) is 11.8 Å². The van der Waals surface area contributed by atoms with Crippen LogP contribution in [0.4, 0.5) is 0 Å². The van der Waals surface area contributed by atoms with Gasteiger partial charge in [0.05, 0.1) is 10.9 Å². The van der Waals surface area contributed by atoms with E-state index in [9.17, 15) is 9.90 Å². The summed E-state index contributed by atoms with van der Waals surface area (Å²) in [5.74, 6) is 9.12. The van der Waals surface area contributed by atoms with Gasteiger partial charge in [-0.1, -0.05) is 41.6 Å². The van der Waals surface area contributed by atoms with Crippen molar-refractivity contribution in [2.24, 2.45) is 40.4 Å². The summed E-state index contributed by atoms with van der Waals surface area (Å²) < 4.78 is 0. The molecule has 8 atom stereocenters. The Morgan fingerprint density at radius 2 is 1.76 bits per heavy atom. The molecule has 4 aliphatic rings. The van der Waals surface area contributed by atoms with Crippen LogP contribution >= 0.6 is 15.9 Å². The van der Waals surface area contributed by atoms with Gasteiger partial charge in [0.1, 0.15) is 12.4 Å². The first-order valence-electron chi connectivity index (χ1n) is 11.6. The first-order valence-corrected chi connectivity index (χ1v) is 12.8. The fraction of sp³-hybridized carbons (Fsp3) is 0.880. The first-order chi connectivity index (χ1) is 13.8. The lowest BCUT2D eigenvalue weighted by Crippen LogP contribution is -2.56. The molecule has 4 aliphatic carbocycles. The zero-order valence-electron chi connectivity index (χ0n) is 18.1. The van der Waals surface area contributed by atoms with Crippen molar-refractivity contribution >= 4 is 21.7 Å². The number of rotatable bonds is 3. The second kappa shape index (κ2) is 7.95. The third-order valence-electron chi connectivity index (χ3n) is 9.96. The second-order valence-corrected chi connectivity index (χ2v) is 11.6. The quantitative estimate of drug-likeness (QED) is 0.468. The summed E-state index contributed by atoms with van der Waals surface area (Å²) in [5, 5.41) is 20.6. The summed E-state index contributed by atoms with van der Waals surface area (Å²) in [6.07, 6.45) is 10.5. The first kappa shape index (κ1) is 21.8. The number of aliphatic hydroxyl groups is 2. The van der Waals surface area contributed by atoms with Gasteiger partial charge in [0, 0.05) is 12.3 Å². The van der Waals surface area contributed by atoms with Crippen LogP contribution in [-0.4, -0.2) is 33.5 Å². The smallest absolute Gasteiger partial charge is 0.147 e. The summed E-state index contributed by atoms with van der Waals surface area (Å²) >= 11 is 3.42. The van der Waals surface area contributed by atoms with E-state index >= 15 is 0 Å². The van der Waals surface area contributed by atoms with Crippen molar-refractivity contribution in [3.63, 3.8) is 0 Å². The summed E-state index contributed by atoms with van der Waals surface area (Å²) in [4.78, 5) is 12.6. The highest BCUT2D eigenvalue weighted by molar-refractivity contribution is 9.09. The number of carbonyl (C=O) groups excluding carboxylic acids is 1. The molecule has 4 fully saturated rings. The third-order valence-corrected chi connectivity index (χ3v) is 10.5. The van der Waals surface area contributed by atoms with Crippen LogP contribution in [0.3, 0.4) is 0 Å². The lowest BCUT2D eigenvalue weighted by atomic mass is 9.43. The van der Waals surface area contributed by atoms with E-state index in [0.29, 0.717) is 34.8 Å². The van der Waals surface area contributed by atoms with E-state index in [1.165, 1.54) is 32.1 Å². The molecule has 2 N–H and O–H groups in total. The van der Waals surface area contributed by atoms with Crippen molar-refractivity contribution in [3.05, 3.63) is 0 Å². The Kier molecular flexibility index (Phi) is 5.99. The van der Waals surface area contributed by atoms with E-state index in [-0.39, 0.29) is 17.9 Å². The predicted octanol–water partition coefficient (Wildman–Crippen LogP) is 4.73. The van der Waals surface area contributed by atoms with E-state index in [1.807, 2.05) is 0 Å². The number of hydrogen-bond donors (Lipinski definition) is 2. The highest BCUT2D eigenvalue weighted by Crippen LogP contribution is 2.68. The van der Waals surface area contributed by atoms with Crippen LogP contribution in [0.25, 0.3) is 0 Å². The molecule has 0 aliphatic heterocycles. The molecule has 0 spiro atoms. The van der Waals surface area contributed by atoms with Crippen molar-refractivity contribution in [2.75, 3.05) is 11.9 Å². The molecule has 4 saturated carbocycles. The van der Waals surface area contributed by atoms with E-state index in [4.69, 9.17) is 5.11 Å². The van der Waals surface area contributed by atoms with Crippen LogP contribution in [0.5, 0.6) is 0 Å². The Hall–Kier alpha value is -0.370. The molecular weight excluding hydrogens is 428 g/mol. The van der Waals surface area contributed by atoms with Gasteiger partial charge in [0.25, 0.3) is 0 Å². The van der Waals surface area contributed by atoms with Crippen LogP contribution < -0.4 is 0 Å². The molecule has 0 bridgehead atoms. The predicted molar refractivity (Wildman–Crippen MR) is 118 cm³/mol. The minimum atomic E-state index is -0.677. The fourth-order valence-corrected chi connectivity index (χ4v) is 8.78. The number of Topliss-reactive ketones (excluding diaryl/α,β-unsaturated/α-hetero) is 1. The Balaban J connectivity index is 1.52. The van der Waals surface area contributed by atoms with Gasteiger partial charge in [0.2, 0.25) is 0 Å². The number of ketones is 1. The Labute approximate surface area is 184 Å². The standard InChI is InChI=1S/C25H37BrO3/c1-23-12-13-25(29,10-3-4-14-27)15-17(23)5-6-18-19-7-8-21(22(28)16-26)24(19,2)11-9-20(18)23/h17-21,27,29H,5-16H2,1-2H3/t17?,18-,19-,20-,21+,23-,24-,25?/m0/s1. The van der Waals surface area contributed by atoms with Crippen LogP contribution in [-0.2, 0) is 4.79 Å².